The zero-order valence-electron chi connectivity index (χ0n) is 10.4. The van der Waals surface area contributed by atoms with E-state index in [9.17, 15) is 18.7 Å². The molecule has 0 bridgehead atoms. The predicted octanol–water partition coefficient (Wildman–Crippen LogP) is -1.41. The molecule has 114 valence electrons. The lowest BCUT2D eigenvalue weighted by Crippen LogP contribution is -2.41. The fourth-order valence-electron chi connectivity index (χ4n) is 2.20. The number of imidazole rings is 1. The van der Waals surface area contributed by atoms with Crippen LogP contribution in [0, 0.1) is 0 Å². The van der Waals surface area contributed by atoms with Crippen LogP contribution in [0.4, 0.5) is 14.7 Å². The van der Waals surface area contributed by atoms with Gasteiger partial charge in [-0.1, -0.05) is 0 Å². The summed E-state index contributed by atoms with van der Waals surface area (Å²) in [5, 5.41) is 18.4. The first-order chi connectivity index (χ1) is 9.87. The monoisotopic (exact) mass is 303 g/mol. The number of rotatable bonds is 2. The third-order valence-corrected chi connectivity index (χ3v) is 3.27. The summed E-state index contributed by atoms with van der Waals surface area (Å²) in [6.07, 6.45) is -5.01. The van der Waals surface area contributed by atoms with E-state index in [1.165, 1.54) is 0 Å². The van der Waals surface area contributed by atoms with Gasteiger partial charge in [-0.05, 0) is 0 Å². The van der Waals surface area contributed by atoms with Crippen LogP contribution in [0.25, 0.3) is 11.2 Å². The molecular formula is C10H11F2N5O4. The molecular weight excluding hydrogens is 292 g/mol. The highest BCUT2D eigenvalue weighted by Gasteiger charge is 2.57. The molecule has 1 fully saturated rings. The summed E-state index contributed by atoms with van der Waals surface area (Å²) in [6, 6.07) is 0. The van der Waals surface area contributed by atoms with Crippen molar-refractivity contribution >= 4 is 17.1 Å². The Morgan fingerprint density at radius 1 is 1.62 bits per heavy atom. The summed E-state index contributed by atoms with van der Waals surface area (Å²) >= 11 is 0. The number of nitrogen functional groups attached to an aromatic ring is 1. The molecule has 3 rings (SSSR count). The van der Waals surface area contributed by atoms with E-state index in [0.717, 1.165) is 10.9 Å². The molecule has 0 radical (unpaired) electrons. The number of H-pyrrole nitrogens is 1. The molecule has 0 saturated carbocycles. The van der Waals surface area contributed by atoms with E-state index in [1.807, 2.05) is 0 Å². The number of nitrogens with one attached hydrogen (secondary N) is 1. The summed E-state index contributed by atoms with van der Waals surface area (Å²) in [4.78, 5) is 21.3. The van der Waals surface area contributed by atoms with Gasteiger partial charge < -0.3 is 20.7 Å². The smallest absolute Gasteiger partial charge is 0.280 e. The first-order valence-corrected chi connectivity index (χ1v) is 5.89. The predicted molar refractivity (Wildman–Crippen MR) is 64.5 cm³/mol. The molecule has 1 aliphatic heterocycles. The number of hydrogen-bond acceptors (Lipinski definition) is 7. The average Bonchev–Trinajstić information content (AvgIpc) is 2.95. The molecule has 21 heavy (non-hydrogen) atoms. The maximum atomic E-state index is 14.0. The number of anilines is 1. The second-order valence-corrected chi connectivity index (χ2v) is 4.62. The Bertz CT molecular complexity index is 749. The number of ether oxygens (including phenoxy) is 1. The van der Waals surface area contributed by atoms with Gasteiger partial charge >= 0.3 is 0 Å². The van der Waals surface area contributed by atoms with Crippen molar-refractivity contribution in [2.75, 3.05) is 12.3 Å². The fraction of sp³-hybridized carbons (Fsp3) is 0.500. The second kappa shape index (κ2) is 4.44. The SMILES string of the molecule is Nc1nc2c(ncn2[C@@H]2O[C@](F)(CO)[C@@H](O)[C@H]2F)c(=O)[nH]1. The molecule has 2 aromatic heterocycles. The molecule has 3 heterocycles. The van der Waals surface area contributed by atoms with Crippen molar-refractivity contribution in [1.29, 1.82) is 0 Å². The molecule has 11 heteroatoms. The number of nitrogens with two attached hydrogens (primary N) is 1. The van der Waals surface area contributed by atoms with Gasteiger partial charge in [0.05, 0.1) is 6.33 Å². The quantitative estimate of drug-likeness (QED) is 0.534. The highest BCUT2D eigenvalue weighted by molar-refractivity contribution is 5.70. The summed E-state index contributed by atoms with van der Waals surface area (Å²) in [7, 11) is 0. The Balaban J connectivity index is 2.12. The molecule has 0 unspecified atom stereocenters. The van der Waals surface area contributed by atoms with Gasteiger partial charge in [-0.15, -0.1) is 0 Å². The van der Waals surface area contributed by atoms with E-state index >= 15 is 0 Å². The number of halogens is 2. The van der Waals surface area contributed by atoms with E-state index < -0.39 is 36.5 Å². The summed E-state index contributed by atoms with van der Waals surface area (Å²) in [5.41, 5.74) is 4.46. The van der Waals surface area contributed by atoms with Gasteiger partial charge in [0.1, 0.15) is 6.61 Å². The van der Waals surface area contributed by atoms with E-state index in [1.54, 1.807) is 0 Å². The van der Waals surface area contributed by atoms with Crippen LogP contribution in [0.1, 0.15) is 6.23 Å². The number of fused-ring (bicyclic) bond motifs is 1. The highest BCUT2D eigenvalue weighted by atomic mass is 19.2. The zero-order chi connectivity index (χ0) is 15.4. The molecule has 9 nitrogen and oxygen atoms in total. The van der Waals surface area contributed by atoms with Crippen molar-refractivity contribution in [3.05, 3.63) is 16.7 Å². The number of hydrogen-bond donors (Lipinski definition) is 4. The van der Waals surface area contributed by atoms with Crippen molar-refractivity contribution in [3.63, 3.8) is 0 Å². The maximum absolute atomic E-state index is 14.0. The molecule has 4 atom stereocenters. The van der Waals surface area contributed by atoms with Crippen LogP contribution < -0.4 is 11.3 Å². The molecule has 5 N–H and O–H groups in total. The van der Waals surface area contributed by atoms with Gasteiger partial charge in [0.2, 0.25) is 5.95 Å². The van der Waals surface area contributed by atoms with E-state index in [-0.39, 0.29) is 17.1 Å². The molecule has 2 aromatic rings. The summed E-state index contributed by atoms with van der Waals surface area (Å²) in [6.45, 7) is -1.23. The number of aromatic amines is 1. The average molecular weight is 303 g/mol. The Labute approximate surface area is 115 Å². The van der Waals surface area contributed by atoms with Crippen molar-refractivity contribution in [3.8, 4) is 0 Å². The van der Waals surface area contributed by atoms with Gasteiger partial charge in [0.25, 0.3) is 11.4 Å². The lowest BCUT2D eigenvalue weighted by molar-refractivity contribution is -0.206. The van der Waals surface area contributed by atoms with E-state index in [2.05, 4.69) is 15.0 Å². The normalized spacial score (nSPS) is 32.9. The van der Waals surface area contributed by atoms with Crippen LogP contribution >= 0.6 is 0 Å². The van der Waals surface area contributed by atoms with Crippen molar-refractivity contribution in [1.82, 2.24) is 19.5 Å². The van der Waals surface area contributed by atoms with E-state index in [0.29, 0.717) is 0 Å². The van der Waals surface area contributed by atoms with Crippen LogP contribution in [0.15, 0.2) is 11.1 Å². The summed E-state index contributed by atoms with van der Waals surface area (Å²) < 4.78 is 33.7. The first-order valence-electron chi connectivity index (χ1n) is 5.89. The highest BCUT2D eigenvalue weighted by Crippen LogP contribution is 2.40. The minimum atomic E-state index is -2.95. The van der Waals surface area contributed by atoms with Crippen LogP contribution in [-0.4, -0.2) is 54.5 Å². The second-order valence-electron chi connectivity index (χ2n) is 4.62. The van der Waals surface area contributed by atoms with Gasteiger partial charge in [-0.2, -0.15) is 4.98 Å². The van der Waals surface area contributed by atoms with Crippen molar-refractivity contribution in [2.24, 2.45) is 0 Å². The van der Waals surface area contributed by atoms with Gasteiger partial charge in [-0.25, -0.2) is 13.8 Å². The fourth-order valence-corrected chi connectivity index (χ4v) is 2.20. The number of aliphatic hydroxyl groups is 2. The third kappa shape index (κ3) is 1.89. The molecule has 1 aliphatic rings. The number of aromatic nitrogens is 4. The van der Waals surface area contributed by atoms with Crippen LogP contribution in [-0.2, 0) is 4.74 Å². The Kier molecular flexibility index (Phi) is 2.93. The molecule has 1 saturated heterocycles. The Morgan fingerprint density at radius 3 is 2.95 bits per heavy atom. The molecule has 0 spiro atoms. The topological polar surface area (TPSA) is 139 Å². The van der Waals surface area contributed by atoms with Crippen LogP contribution in [0.2, 0.25) is 0 Å². The number of alkyl halides is 2. The maximum Gasteiger partial charge on any atom is 0.280 e. The van der Waals surface area contributed by atoms with Crippen molar-refractivity contribution < 1.29 is 23.7 Å². The van der Waals surface area contributed by atoms with Crippen LogP contribution in [0.3, 0.4) is 0 Å². The minimum absolute atomic E-state index is 0.127. The third-order valence-electron chi connectivity index (χ3n) is 3.27. The van der Waals surface area contributed by atoms with Gasteiger partial charge in [0.15, 0.2) is 29.7 Å². The lowest BCUT2D eigenvalue weighted by Gasteiger charge is -2.19. The number of nitrogens with zero attached hydrogens (tertiary/aromatic N) is 3. The van der Waals surface area contributed by atoms with E-state index in [4.69, 9.17) is 15.6 Å². The van der Waals surface area contributed by atoms with Crippen molar-refractivity contribution in [2.45, 2.75) is 24.4 Å². The largest absolute Gasteiger partial charge is 0.390 e. The van der Waals surface area contributed by atoms with Gasteiger partial charge in [0, 0.05) is 0 Å². The standard InChI is InChI=1S/C10H11F2N5O4/c11-3-5(19)10(12,1-18)21-8(3)17-2-14-4-6(17)15-9(13)16-7(4)20/h2-3,5,8,18-19H,1H2,(H3,13,15,16,20)/t3-,5+,8-,10-/m1/s1. The lowest BCUT2D eigenvalue weighted by atomic mass is 10.1. The number of aliphatic hydroxyl groups excluding tert-OH is 2. The Hall–Kier alpha value is -2.11. The molecule has 0 aromatic carbocycles. The summed E-state index contributed by atoms with van der Waals surface area (Å²) in [5.74, 6) is -3.19. The Morgan fingerprint density at radius 2 is 2.33 bits per heavy atom. The molecule has 0 amide bonds. The molecule has 0 aliphatic carbocycles. The first kappa shape index (κ1) is 13.9. The zero-order valence-corrected chi connectivity index (χ0v) is 10.4. The van der Waals surface area contributed by atoms with Crippen LogP contribution in [0.5, 0.6) is 0 Å². The minimum Gasteiger partial charge on any atom is -0.390 e. The van der Waals surface area contributed by atoms with Gasteiger partial charge in [-0.3, -0.25) is 14.3 Å².